The molecule has 0 aliphatic carbocycles. The molecule has 0 spiro atoms. The summed E-state index contributed by atoms with van der Waals surface area (Å²) >= 11 is 0. The van der Waals surface area contributed by atoms with Crippen molar-refractivity contribution in [2.45, 2.75) is 18.9 Å². The summed E-state index contributed by atoms with van der Waals surface area (Å²) < 4.78 is 10.4. The fourth-order valence-electron chi connectivity index (χ4n) is 1.91. The number of aromatic nitrogens is 2. The van der Waals surface area contributed by atoms with Gasteiger partial charge in [0.25, 0.3) is 0 Å². The molecule has 1 aliphatic heterocycles. The van der Waals surface area contributed by atoms with E-state index >= 15 is 0 Å². The van der Waals surface area contributed by atoms with Gasteiger partial charge in [-0.15, -0.1) is 5.10 Å². The Kier molecular flexibility index (Phi) is 3.69. The minimum absolute atomic E-state index is 0.0984. The molecule has 2 N–H and O–H groups in total. The van der Waals surface area contributed by atoms with Gasteiger partial charge in [0.2, 0.25) is 5.88 Å². The van der Waals surface area contributed by atoms with Crippen molar-refractivity contribution in [2.24, 2.45) is 11.7 Å². The van der Waals surface area contributed by atoms with Gasteiger partial charge in [-0.25, -0.2) is 0 Å². The Hall–Kier alpha value is -1.20. The van der Waals surface area contributed by atoms with Crippen LogP contribution in [-0.2, 0) is 4.74 Å². The zero-order valence-corrected chi connectivity index (χ0v) is 9.43. The highest BCUT2D eigenvalue weighted by Crippen LogP contribution is 2.25. The number of hydrogen-bond donors (Lipinski definition) is 1. The maximum Gasteiger partial charge on any atom is 0.233 e. The predicted molar refractivity (Wildman–Crippen MR) is 59.1 cm³/mol. The lowest BCUT2D eigenvalue weighted by atomic mass is 9.92. The molecule has 2 unspecified atom stereocenters. The Bertz CT molecular complexity index is 323. The number of ether oxygens (including phenoxy) is 2. The summed E-state index contributed by atoms with van der Waals surface area (Å²) in [6.45, 7) is 1.56. The van der Waals surface area contributed by atoms with Crippen molar-refractivity contribution in [3.63, 3.8) is 0 Å². The second-order valence-electron chi connectivity index (χ2n) is 4.00. The topological polar surface area (TPSA) is 70.3 Å². The first-order chi connectivity index (χ1) is 7.81. The van der Waals surface area contributed by atoms with Crippen LogP contribution in [0.25, 0.3) is 0 Å². The largest absolute Gasteiger partial charge is 0.480 e. The first-order valence-corrected chi connectivity index (χ1v) is 5.52. The highest BCUT2D eigenvalue weighted by atomic mass is 16.5. The average molecular weight is 223 g/mol. The van der Waals surface area contributed by atoms with Crippen LogP contribution in [0.1, 0.15) is 24.6 Å². The van der Waals surface area contributed by atoms with Crippen LogP contribution in [0.3, 0.4) is 0 Å². The van der Waals surface area contributed by atoms with E-state index in [1.807, 2.05) is 6.07 Å². The molecular weight excluding hydrogens is 206 g/mol. The van der Waals surface area contributed by atoms with Gasteiger partial charge in [0.05, 0.1) is 25.5 Å². The van der Waals surface area contributed by atoms with Crippen molar-refractivity contribution in [1.29, 1.82) is 0 Å². The summed E-state index contributed by atoms with van der Waals surface area (Å²) in [5, 5.41) is 7.99. The van der Waals surface area contributed by atoms with Crippen LogP contribution in [-0.4, -0.2) is 30.5 Å². The van der Waals surface area contributed by atoms with Crippen LogP contribution in [0.15, 0.2) is 12.1 Å². The second kappa shape index (κ2) is 5.23. The zero-order chi connectivity index (χ0) is 11.4. The van der Waals surface area contributed by atoms with E-state index < -0.39 is 0 Å². The lowest BCUT2D eigenvalue weighted by Gasteiger charge is -2.26. The fourth-order valence-corrected chi connectivity index (χ4v) is 1.91. The molecule has 0 saturated carbocycles. The monoisotopic (exact) mass is 223 g/mol. The highest BCUT2D eigenvalue weighted by Gasteiger charge is 2.23. The molecule has 1 aliphatic rings. The van der Waals surface area contributed by atoms with Crippen molar-refractivity contribution in [2.75, 3.05) is 20.3 Å². The molecule has 1 saturated heterocycles. The summed E-state index contributed by atoms with van der Waals surface area (Å²) in [5.41, 5.74) is 6.94. The Morgan fingerprint density at radius 1 is 1.50 bits per heavy atom. The third-order valence-electron chi connectivity index (χ3n) is 2.91. The van der Waals surface area contributed by atoms with E-state index in [2.05, 4.69) is 10.2 Å². The van der Waals surface area contributed by atoms with Gasteiger partial charge >= 0.3 is 0 Å². The summed E-state index contributed by atoms with van der Waals surface area (Å²) in [4.78, 5) is 0. The molecule has 2 rings (SSSR count). The molecular formula is C11H17N3O2. The van der Waals surface area contributed by atoms with Gasteiger partial charge in [0.15, 0.2) is 0 Å². The van der Waals surface area contributed by atoms with Gasteiger partial charge < -0.3 is 15.2 Å². The maximum absolute atomic E-state index is 6.14. The summed E-state index contributed by atoms with van der Waals surface area (Å²) in [6.07, 6.45) is 2.16. The second-order valence-corrected chi connectivity index (χ2v) is 4.00. The predicted octanol–water partition coefficient (Wildman–Crippen LogP) is 0.912. The summed E-state index contributed by atoms with van der Waals surface area (Å²) in [5.74, 6) is 0.854. The number of nitrogens with zero attached hydrogens (tertiary/aromatic N) is 2. The van der Waals surface area contributed by atoms with Gasteiger partial charge in [0, 0.05) is 18.6 Å². The molecule has 16 heavy (non-hydrogen) atoms. The lowest BCUT2D eigenvalue weighted by Crippen LogP contribution is -2.29. The van der Waals surface area contributed by atoms with Crippen molar-refractivity contribution >= 4 is 0 Å². The van der Waals surface area contributed by atoms with E-state index in [1.54, 1.807) is 13.2 Å². The fraction of sp³-hybridized carbons (Fsp3) is 0.636. The van der Waals surface area contributed by atoms with Gasteiger partial charge in [0.1, 0.15) is 0 Å². The molecule has 2 atom stereocenters. The lowest BCUT2D eigenvalue weighted by molar-refractivity contribution is 0.0441. The van der Waals surface area contributed by atoms with Gasteiger partial charge in [-0.1, -0.05) is 0 Å². The van der Waals surface area contributed by atoms with Crippen LogP contribution < -0.4 is 10.5 Å². The van der Waals surface area contributed by atoms with Crippen LogP contribution >= 0.6 is 0 Å². The molecule has 5 heteroatoms. The van der Waals surface area contributed by atoms with Crippen LogP contribution in [0.5, 0.6) is 5.88 Å². The molecule has 0 aromatic carbocycles. The Balaban J connectivity index is 2.04. The van der Waals surface area contributed by atoms with Crippen LogP contribution in [0, 0.1) is 5.92 Å². The zero-order valence-electron chi connectivity index (χ0n) is 9.43. The number of rotatable bonds is 3. The first kappa shape index (κ1) is 11.3. The van der Waals surface area contributed by atoms with Gasteiger partial charge in [-0.3, -0.25) is 0 Å². The molecule has 1 aromatic heterocycles. The molecule has 1 aromatic rings. The first-order valence-electron chi connectivity index (χ1n) is 5.52. The molecule has 0 radical (unpaired) electrons. The quantitative estimate of drug-likeness (QED) is 0.824. The minimum Gasteiger partial charge on any atom is -0.480 e. The average Bonchev–Trinajstić information content (AvgIpc) is 2.39. The summed E-state index contributed by atoms with van der Waals surface area (Å²) in [7, 11) is 1.57. The van der Waals surface area contributed by atoms with E-state index in [1.165, 1.54) is 0 Å². The number of methoxy groups -OCH3 is 1. The van der Waals surface area contributed by atoms with E-state index in [-0.39, 0.29) is 6.04 Å². The van der Waals surface area contributed by atoms with E-state index in [0.717, 1.165) is 31.7 Å². The molecule has 0 bridgehead atoms. The van der Waals surface area contributed by atoms with Crippen molar-refractivity contribution in [1.82, 2.24) is 10.2 Å². The Morgan fingerprint density at radius 2 is 2.38 bits per heavy atom. The maximum atomic E-state index is 6.14. The molecule has 88 valence electrons. The van der Waals surface area contributed by atoms with Gasteiger partial charge in [-0.05, 0) is 18.9 Å². The van der Waals surface area contributed by atoms with Crippen molar-refractivity contribution in [3.8, 4) is 5.88 Å². The van der Waals surface area contributed by atoms with E-state index in [4.69, 9.17) is 15.2 Å². The van der Waals surface area contributed by atoms with E-state index in [9.17, 15) is 0 Å². The van der Waals surface area contributed by atoms with E-state index in [0.29, 0.717) is 11.8 Å². The molecule has 1 fully saturated rings. The highest BCUT2D eigenvalue weighted by molar-refractivity contribution is 5.14. The van der Waals surface area contributed by atoms with Gasteiger partial charge in [-0.2, -0.15) is 5.10 Å². The van der Waals surface area contributed by atoms with Crippen molar-refractivity contribution in [3.05, 3.63) is 17.8 Å². The standard InChI is InChI=1S/C11H17N3O2/c1-15-10-5-4-9(13-14-10)11(12)8-3-2-6-16-7-8/h4-5,8,11H,2-3,6-7,12H2,1H3. The van der Waals surface area contributed by atoms with Crippen LogP contribution in [0.2, 0.25) is 0 Å². The van der Waals surface area contributed by atoms with Crippen LogP contribution in [0.4, 0.5) is 0 Å². The third-order valence-corrected chi connectivity index (χ3v) is 2.91. The number of hydrogen-bond acceptors (Lipinski definition) is 5. The van der Waals surface area contributed by atoms with Crippen molar-refractivity contribution < 1.29 is 9.47 Å². The molecule has 5 nitrogen and oxygen atoms in total. The smallest absolute Gasteiger partial charge is 0.233 e. The normalized spacial score (nSPS) is 22.8. The SMILES string of the molecule is COc1ccc(C(N)C2CCCOC2)nn1. The minimum atomic E-state index is -0.0984. The Morgan fingerprint density at radius 3 is 2.94 bits per heavy atom. The molecule has 2 heterocycles. The Labute approximate surface area is 95.0 Å². The third kappa shape index (κ3) is 2.48. The summed E-state index contributed by atoms with van der Waals surface area (Å²) in [6, 6.07) is 3.55. The number of nitrogens with two attached hydrogens (primary N) is 1. The molecule has 0 amide bonds.